The third kappa shape index (κ3) is 4.41. The lowest BCUT2D eigenvalue weighted by atomic mass is 9.97. The first-order valence-electron chi connectivity index (χ1n) is 11.3. The number of ether oxygens (including phenoxy) is 1. The lowest BCUT2D eigenvalue weighted by Crippen LogP contribution is -2.09. The van der Waals surface area contributed by atoms with E-state index in [1.165, 1.54) is 17.5 Å². The molecule has 0 aliphatic heterocycles. The van der Waals surface area contributed by atoms with Crippen molar-refractivity contribution in [3.63, 3.8) is 0 Å². The van der Waals surface area contributed by atoms with Gasteiger partial charge in [-0.3, -0.25) is 4.79 Å². The number of aryl methyl sites for hydroxylation is 1. The minimum absolute atomic E-state index is 0.352. The zero-order valence-electron chi connectivity index (χ0n) is 19.7. The number of amides is 1. The van der Waals surface area contributed by atoms with E-state index in [1.807, 2.05) is 31.2 Å². The van der Waals surface area contributed by atoms with Crippen molar-refractivity contribution in [3.05, 3.63) is 102 Å². The average Bonchev–Trinajstić information content (AvgIpc) is 3.28. The molecule has 1 aromatic heterocycles. The largest absolute Gasteiger partial charge is 0.496 e. The Morgan fingerprint density at radius 1 is 1.00 bits per heavy atom. The van der Waals surface area contributed by atoms with E-state index in [-0.39, 0.29) is 11.7 Å². The van der Waals surface area contributed by atoms with Crippen LogP contribution in [0, 0.1) is 12.7 Å². The molecule has 0 bridgehead atoms. The third-order valence-electron chi connectivity index (χ3n) is 6.17. The van der Waals surface area contributed by atoms with Crippen LogP contribution in [0.3, 0.4) is 0 Å². The number of hydrogen-bond donors (Lipinski definition) is 1. The highest BCUT2D eigenvalue weighted by atomic mass is 19.1. The van der Waals surface area contributed by atoms with Gasteiger partial charge in [-0.25, -0.2) is 4.39 Å². The van der Waals surface area contributed by atoms with Gasteiger partial charge in [0.2, 0.25) is 5.91 Å². The average molecular weight is 466 g/mol. The molecule has 0 saturated heterocycles. The SMILES string of the molecule is COc1cc2occ(-c3ccc4ccccc4c3)c2cc1/C(C)=C/C(=O)Nc1ccc(C)c(F)c1. The molecule has 4 nitrogen and oxygen atoms in total. The molecule has 1 heterocycles. The standard InChI is InChI=1S/C30H24FNO3/c1-18-8-11-23(14-27(18)31)32-30(33)12-19(2)24-15-25-26(17-35-29(25)16-28(24)34-3)22-10-9-20-6-4-5-7-21(20)13-22/h4-17H,1-3H3,(H,32,33)/b19-12+. The number of halogens is 1. The Kier molecular flexibility index (Phi) is 5.83. The van der Waals surface area contributed by atoms with Crippen LogP contribution in [0.15, 0.2) is 89.6 Å². The van der Waals surface area contributed by atoms with Crippen LogP contribution >= 0.6 is 0 Å². The second kappa shape index (κ2) is 9.11. The summed E-state index contributed by atoms with van der Waals surface area (Å²) in [5.74, 6) is -0.119. The molecule has 5 aromatic rings. The van der Waals surface area contributed by atoms with Gasteiger partial charge in [-0.2, -0.15) is 0 Å². The van der Waals surface area contributed by atoms with Gasteiger partial charge in [-0.15, -0.1) is 0 Å². The lowest BCUT2D eigenvalue weighted by Gasteiger charge is -2.11. The molecular weight excluding hydrogens is 441 g/mol. The van der Waals surface area contributed by atoms with Crippen LogP contribution in [0.2, 0.25) is 0 Å². The highest BCUT2D eigenvalue weighted by Gasteiger charge is 2.15. The summed E-state index contributed by atoms with van der Waals surface area (Å²) in [6.45, 7) is 3.52. The Hall–Kier alpha value is -4.38. The fraction of sp³-hybridized carbons (Fsp3) is 0.100. The molecule has 1 amide bonds. The van der Waals surface area contributed by atoms with Gasteiger partial charge in [0, 0.05) is 34.3 Å². The number of rotatable bonds is 5. The number of methoxy groups -OCH3 is 1. The molecule has 4 aromatic carbocycles. The van der Waals surface area contributed by atoms with Crippen molar-refractivity contribution >= 4 is 38.9 Å². The molecule has 0 atom stereocenters. The Morgan fingerprint density at radius 3 is 2.57 bits per heavy atom. The predicted octanol–water partition coefficient (Wildman–Crippen LogP) is 7.75. The van der Waals surface area contributed by atoms with E-state index >= 15 is 0 Å². The van der Waals surface area contributed by atoms with E-state index in [9.17, 15) is 9.18 Å². The molecule has 0 fully saturated rings. The van der Waals surface area contributed by atoms with Gasteiger partial charge in [-0.05, 0) is 65.6 Å². The van der Waals surface area contributed by atoms with Crippen LogP contribution in [0.5, 0.6) is 5.75 Å². The van der Waals surface area contributed by atoms with Crippen molar-refractivity contribution in [2.45, 2.75) is 13.8 Å². The zero-order chi connectivity index (χ0) is 24.5. The molecule has 0 aliphatic carbocycles. The molecule has 0 radical (unpaired) electrons. The summed E-state index contributed by atoms with van der Waals surface area (Å²) < 4.78 is 25.3. The van der Waals surface area contributed by atoms with Crippen molar-refractivity contribution in [2.24, 2.45) is 0 Å². The Bertz CT molecular complexity index is 1610. The maximum atomic E-state index is 13.8. The summed E-state index contributed by atoms with van der Waals surface area (Å²) in [4.78, 5) is 12.6. The first kappa shape index (κ1) is 22.4. The number of hydrogen-bond acceptors (Lipinski definition) is 3. The van der Waals surface area contributed by atoms with Crippen molar-refractivity contribution in [1.82, 2.24) is 0 Å². The zero-order valence-corrected chi connectivity index (χ0v) is 19.7. The number of fused-ring (bicyclic) bond motifs is 2. The van der Waals surface area contributed by atoms with E-state index in [2.05, 4.69) is 35.6 Å². The maximum Gasteiger partial charge on any atom is 0.248 e. The number of allylic oxidation sites excluding steroid dienone is 1. The molecule has 0 spiro atoms. The Morgan fingerprint density at radius 2 is 1.80 bits per heavy atom. The smallest absolute Gasteiger partial charge is 0.248 e. The van der Waals surface area contributed by atoms with E-state index < -0.39 is 0 Å². The first-order chi connectivity index (χ1) is 16.9. The van der Waals surface area contributed by atoms with Gasteiger partial charge < -0.3 is 14.5 Å². The third-order valence-corrected chi connectivity index (χ3v) is 6.17. The normalized spacial score (nSPS) is 11.7. The number of anilines is 1. The van der Waals surface area contributed by atoms with Crippen LogP contribution < -0.4 is 10.1 Å². The second-order valence-electron chi connectivity index (χ2n) is 8.54. The van der Waals surface area contributed by atoms with Gasteiger partial charge in [0.15, 0.2) is 0 Å². The Labute approximate surface area is 202 Å². The minimum atomic E-state index is -0.364. The number of furan rings is 1. The highest BCUT2D eigenvalue weighted by Crippen LogP contribution is 2.38. The van der Waals surface area contributed by atoms with Gasteiger partial charge in [-0.1, -0.05) is 42.5 Å². The maximum absolute atomic E-state index is 13.8. The summed E-state index contributed by atoms with van der Waals surface area (Å²) in [7, 11) is 1.58. The summed E-state index contributed by atoms with van der Waals surface area (Å²) in [5.41, 5.74) is 5.10. The van der Waals surface area contributed by atoms with Crippen LogP contribution in [0.25, 0.3) is 38.4 Å². The van der Waals surface area contributed by atoms with Crippen molar-refractivity contribution < 1.29 is 18.3 Å². The predicted molar refractivity (Wildman–Crippen MR) is 139 cm³/mol. The monoisotopic (exact) mass is 465 g/mol. The Balaban J connectivity index is 1.52. The molecule has 1 N–H and O–H groups in total. The van der Waals surface area contributed by atoms with Crippen molar-refractivity contribution in [1.29, 1.82) is 0 Å². The molecule has 0 aliphatic rings. The highest BCUT2D eigenvalue weighted by molar-refractivity contribution is 6.05. The minimum Gasteiger partial charge on any atom is -0.496 e. The first-order valence-corrected chi connectivity index (χ1v) is 11.3. The summed E-state index contributed by atoms with van der Waals surface area (Å²) in [6.07, 6.45) is 3.23. The lowest BCUT2D eigenvalue weighted by molar-refractivity contribution is -0.111. The van der Waals surface area contributed by atoms with Crippen LogP contribution in [0.4, 0.5) is 10.1 Å². The second-order valence-corrected chi connectivity index (χ2v) is 8.54. The molecule has 0 saturated carbocycles. The van der Waals surface area contributed by atoms with Crippen LogP contribution in [-0.2, 0) is 4.79 Å². The molecule has 174 valence electrons. The number of carbonyl (C=O) groups excluding carboxylic acids is 1. The van der Waals surface area contributed by atoms with Gasteiger partial charge in [0.1, 0.15) is 17.1 Å². The van der Waals surface area contributed by atoms with E-state index in [0.29, 0.717) is 28.2 Å². The summed E-state index contributed by atoms with van der Waals surface area (Å²) in [5, 5.41) is 5.96. The molecule has 35 heavy (non-hydrogen) atoms. The fourth-order valence-corrected chi connectivity index (χ4v) is 4.24. The molecule has 0 unspecified atom stereocenters. The molecule has 5 heteroatoms. The van der Waals surface area contributed by atoms with E-state index in [1.54, 1.807) is 32.4 Å². The summed E-state index contributed by atoms with van der Waals surface area (Å²) >= 11 is 0. The van der Waals surface area contributed by atoms with Crippen molar-refractivity contribution in [3.8, 4) is 16.9 Å². The number of benzene rings is 4. The fourth-order valence-electron chi connectivity index (χ4n) is 4.24. The van der Waals surface area contributed by atoms with Crippen LogP contribution in [-0.4, -0.2) is 13.0 Å². The van der Waals surface area contributed by atoms with Crippen molar-refractivity contribution in [2.75, 3.05) is 12.4 Å². The van der Waals surface area contributed by atoms with E-state index in [0.717, 1.165) is 27.5 Å². The molecular formula is C30H24FNO3. The van der Waals surface area contributed by atoms with E-state index in [4.69, 9.17) is 9.15 Å². The van der Waals surface area contributed by atoms with Gasteiger partial charge in [0.05, 0.1) is 13.4 Å². The number of carbonyl (C=O) groups is 1. The topological polar surface area (TPSA) is 51.5 Å². The summed E-state index contributed by atoms with van der Waals surface area (Å²) in [6, 6.07) is 22.9. The van der Waals surface area contributed by atoms with Crippen LogP contribution in [0.1, 0.15) is 18.1 Å². The van der Waals surface area contributed by atoms with Gasteiger partial charge >= 0.3 is 0 Å². The number of nitrogens with one attached hydrogen (secondary N) is 1. The van der Waals surface area contributed by atoms with Gasteiger partial charge in [0.25, 0.3) is 0 Å². The quantitative estimate of drug-likeness (QED) is 0.270. The molecule has 5 rings (SSSR count).